The second kappa shape index (κ2) is 8.63. The third kappa shape index (κ3) is 5.52. The Kier molecular flexibility index (Phi) is 6.51. The van der Waals surface area contributed by atoms with Gasteiger partial charge in [-0.3, -0.25) is 0 Å². The molecule has 3 N–H and O–H groups in total. The van der Waals surface area contributed by atoms with Gasteiger partial charge in [-0.15, -0.1) is 0 Å². The van der Waals surface area contributed by atoms with Crippen LogP contribution in [0.2, 0.25) is 0 Å². The summed E-state index contributed by atoms with van der Waals surface area (Å²) in [7, 11) is 2.93. The Balaban J connectivity index is 1.95. The molecule has 0 spiro atoms. The van der Waals surface area contributed by atoms with Gasteiger partial charge in [0.2, 0.25) is 0 Å². The number of urea groups is 1. The number of rotatable bonds is 6. The molecule has 1 atom stereocenters. The summed E-state index contributed by atoms with van der Waals surface area (Å²) in [4.78, 5) is 11.9. The van der Waals surface area contributed by atoms with Crippen molar-refractivity contribution in [2.45, 2.75) is 12.3 Å². The van der Waals surface area contributed by atoms with Gasteiger partial charge in [0.05, 0.1) is 25.9 Å². The van der Waals surface area contributed by atoms with Gasteiger partial charge in [0.1, 0.15) is 0 Å². The number of amides is 2. The van der Waals surface area contributed by atoms with Crippen LogP contribution in [0.3, 0.4) is 0 Å². The predicted molar refractivity (Wildman–Crippen MR) is 93.0 cm³/mol. The van der Waals surface area contributed by atoms with Gasteiger partial charge in [-0.1, -0.05) is 12.1 Å². The highest BCUT2D eigenvalue weighted by Gasteiger charge is 2.30. The lowest BCUT2D eigenvalue weighted by Gasteiger charge is -2.15. The fraction of sp³-hybridized carbons (Fsp3) is 0.278. The summed E-state index contributed by atoms with van der Waals surface area (Å²) in [5.74, 6) is 0.908. The number of halogens is 3. The van der Waals surface area contributed by atoms with Crippen LogP contribution in [0.4, 0.5) is 23.7 Å². The quantitative estimate of drug-likeness (QED) is 0.711. The van der Waals surface area contributed by atoms with E-state index in [0.717, 1.165) is 12.1 Å². The van der Waals surface area contributed by atoms with E-state index in [-0.39, 0.29) is 12.2 Å². The molecule has 0 fully saturated rings. The fourth-order valence-corrected chi connectivity index (χ4v) is 2.32. The number of benzene rings is 2. The van der Waals surface area contributed by atoms with Crippen LogP contribution in [-0.2, 0) is 6.18 Å². The van der Waals surface area contributed by atoms with Crippen LogP contribution in [0, 0.1) is 0 Å². The maximum atomic E-state index is 12.7. The van der Waals surface area contributed by atoms with Gasteiger partial charge >= 0.3 is 12.2 Å². The molecule has 0 aliphatic heterocycles. The minimum absolute atomic E-state index is 0.0112. The zero-order valence-corrected chi connectivity index (χ0v) is 14.6. The van der Waals surface area contributed by atoms with Crippen molar-refractivity contribution in [3.05, 3.63) is 53.6 Å². The molecule has 9 heteroatoms. The lowest BCUT2D eigenvalue weighted by Crippen LogP contribution is -2.32. The van der Waals surface area contributed by atoms with Gasteiger partial charge in [-0.05, 0) is 35.9 Å². The van der Waals surface area contributed by atoms with E-state index in [9.17, 15) is 23.1 Å². The van der Waals surface area contributed by atoms with Crippen molar-refractivity contribution in [3.8, 4) is 11.5 Å². The van der Waals surface area contributed by atoms with Crippen molar-refractivity contribution in [1.82, 2.24) is 5.32 Å². The Morgan fingerprint density at radius 1 is 1.11 bits per heavy atom. The van der Waals surface area contributed by atoms with Crippen LogP contribution in [0.1, 0.15) is 17.2 Å². The molecule has 0 radical (unpaired) electrons. The van der Waals surface area contributed by atoms with Crippen LogP contribution in [0.5, 0.6) is 11.5 Å². The molecule has 6 nitrogen and oxygen atoms in total. The number of anilines is 1. The number of hydrogen-bond donors (Lipinski definition) is 3. The average molecular weight is 384 g/mol. The Morgan fingerprint density at radius 2 is 1.81 bits per heavy atom. The Bertz CT molecular complexity index is 796. The van der Waals surface area contributed by atoms with Crippen molar-refractivity contribution >= 4 is 11.7 Å². The highest BCUT2D eigenvalue weighted by atomic mass is 19.4. The highest BCUT2D eigenvalue weighted by molar-refractivity contribution is 5.89. The first-order valence-electron chi connectivity index (χ1n) is 7.86. The minimum Gasteiger partial charge on any atom is -0.493 e. The lowest BCUT2D eigenvalue weighted by atomic mass is 10.1. The Hall–Kier alpha value is -2.94. The van der Waals surface area contributed by atoms with Gasteiger partial charge in [-0.2, -0.15) is 13.2 Å². The fourth-order valence-electron chi connectivity index (χ4n) is 2.32. The SMILES string of the molecule is COc1ccc(C(O)CNC(=O)Nc2cccc(C(F)(F)F)c2)cc1OC. The van der Waals surface area contributed by atoms with E-state index in [0.29, 0.717) is 17.1 Å². The number of aliphatic hydroxyl groups excluding tert-OH is 1. The predicted octanol–water partition coefficient (Wildman–Crippen LogP) is 3.58. The summed E-state index contributed by atoms with van der Waals surface area (Å²) in [6.07, 6.45) is -5.55. The number of hydrogen-bond acceptors (Lipinski definition) is 4. The number of alkyl halides is 3. The Labute approximate surface area is 153 Å². The normalized spacial score (nSPS) is 12.2. The third-order valence-corrected chi connectivity index (χ3v) is 3.70. The van der Waals surface area contributed by atoms with Crippen LogP contribution < -0.4 is 20.1 Å². The van der Waals surface area contributed by atoms with Gasteiger partial charge in [0.15, 0.2) is 11.5 Å². The largest absolute Gasteiger partial charge is 0.493 e. The molecule has 2 rings (SSSR count). The molecular formula is C18H19F3N2O4. The molecule has 27 heavy (non-hydrogen) atoms. The van der Waals surface area contributed by atoms with Crippen molar-refractivity contribution in [1.29, 1.82) is 0 Å². The number of carbonyl (C=O) groups excluding carboxylic acids is 1. The first-order valence-corrected chi connectivity index (χ1v) is 7.86. The zero-order chi connectivity index (χ0) is 20.0. The maximum absolute atomic E-state index is 12.7. The molecule has 0 saturated carbocycles. The maximum Gasteiger partial charge on any atom is 0.416 e. The summed E-state index contributed by atoms with van der Waals surface area (Å²) in [5.41, 5.74) is -0.402. The molecule has 2 amide bonds. The first kappa shape index (κ1) is 20.4. The number of aliphatic hydroxyl groups is 1. The van der Waals surface area contributed by atoms with Crippen molar-refractivity contribution in [3.63, 3.8) is 0 Å². The molecule has 1 unspecified atom stereocenters. The molecule has 0 aromatic heterocycles. The van der Waals surface area contributed by atoms with E-state index in [1.165, 1.54) is 26.4 Å². The smallest absolute Gasteiger partial charge is 0.416 e. The number of methoxy groups -OCH3 is 2. The minimum atomic E-state index is -4.50. The molecule has 0 saturated heterocycles. The van der Waals surface area contributed by atoms with Crippen LogP contribution in [0.15, 0.2) is 42.5 Å². The van der Waals surface area contributed by atoms with Gasteiger partial charge in [0, 0.05) is 12.2 Å². The molecule has 146 valence electrons. The molecule has 0 aliphatic carbocycles. The summed E-state index contributed by atoms with van der Waals surface area (Å²) < 4.78 is 48.3. The van der Waals surface area contributed by atoms with Crippen LogP contribution in [-0.4, -0.2) is 31.9 Å². The highest BCUT2D eigenvalue weighted by Crippen LogP contribution is 2.31. The van der Waals surface area contributed by atoms with Gasteiger partial charge in [-0.25, -0.2) is 4.79 Å². The molecule has 0 heterocycles. The number of ether oxygens (including phenoxy) is 2. The van der Waals surface area contributed by atoms with Crippen LogP contribution in [0.25, 0.3) is 0 Å². The summed E-state index contributed by atoms with van der Waals surface area (Å²) >= 11 is 0. The summed E-state index contributed by atoms with van der Waals surface area (Å²) in [6, 6.07) is 8.30. The topological polar surface area (TPSA) is 79.8 Å². The second-order valence-electron chi connectivity index (χ2n) is 5.54. The number of carbonyl (C=O) groups is 1. The summed E-state index contributed by atoms with van der Waals surface area (Å²) in [5, 5.41) is 14.9. The number of nitrogens with one attached hydrogen (secondary N) is 2. The van der Waals surface area contributed by atoms with Crippen molar-refractivity contribution in [2.75, 3.05) is 26.1 Å². The van der Waals surface area contributed by atoms with E-state index in [2.05, 4.69) is 10.6 Å². The van der Waals surface area contributed by atoms with Crippen molar-refractivity contribution < 1.29 is 32.5 Å². The first-order chi connectivity index (χ1) is 12.7. The molecule has 0 bridgehead atoms. The molecule has 2 aromatic rings. The average Bonchev–Trinajstić information content (AvgIpc) is 2.65. The van der Waals surface area contributed by atoms with E-state index in [4.69, 9.17) is 9.47 Å². The van der Waals surface area contributed by atoms with E-state index >= 15 is 0 Å². The molecule has 0 aliphatic rings. The Morgan fingerprint density at radius 3 is 2.44 bits per heavy atom. The van der Waals surface area contributed by atoms with Crippen molar-refractivity contribution in [2.24, 2.45) is 0 Å². The van der Waals surface area contributed by atoms with E-state index < -0.39 is 23.9 Å². The van der Waals surface area contributed by atoms with Gasteiger partial charge < -0.3 is 25.2 Å². The lowest BCUT2D eigenvalue weighted by molar-refractivity contribution is -0.137. The monoisotopic (exact) mass is 384 g/mol. The second-order valence-corrected chi connectivity index (χ2v) is 5.54. The molecule has 2 aromatic carbocycles. The van der Waals surface area contributed by atoms with Crippen LogP contribution >= 0.6 is 0 Å². The van der Waals surface area contributed by atoms with E-state index in [1.807, 2.05) is 0 Å². The molecular weight excluding hydrogens is 365 g/mol. The standard InChI is InChI=1S/C18H19F3N2O4/c1-26-15-7-6-11(8-16(15)27-2)14(24)10-22-17(25)23-13-5-3-4-12(9-13)18(19,20)21/h3-9,14,24H,10H2,1-2H3,(H2,22,23,25). The summed E-state index contributed by atoms with van der Waals surface area (Å²) in [6.45, 7) is -0.153. The van der Waals surface area contributed by atoms with Gasteiger partial charge in [0.25, 0.3) is 0 Å². The zero-order valence-electron chi connectivity index (χ0n) is 14.6. The third-order valence-electron chi connectivity index (χ3n) is 3.70. The van der Waals surface area contributed by atoms with E-state index in [1.54, 1.807) is 18.2 Å².